The van der Waals surface area contributed by atoms with Gasteiger partial charge in [0.05, 0.1) is 0 Å². The summed E-state index contributed by atoms with van der Waals surface area (Å²) in [6.45, 7) is 43.6. The maximum Gasteiger partial charge on any atom is 0.222 e. The number of hydrogen-bond donors (Lipinski definition) is 1. The second kappa shape index (κ2) is 18.2. The van der Waals surface area contributed by atoms with Gasteiger partial charge >= 0.3 is 0 Å². The van der Waals surface area contributed by atoms with E-state index in [9.17, 15) is 9.59 Å². The molecular weight excluding hydrogens is 667 g/mol. The van der Waals surface area contributed by atoms with E-state index in [1.807, 2.05) is 4.90 Å². The number of ketones is 1. The zero-order valence-electron chi connectivity index (χ0n) is 34.8. The van der Waals surface area contributed by atoms with Crippen molar-refractivity contribution in [2.24, 2.45) is 0 Å². The van der Waals surface area contributed by atoms with Crippen LogP contribution >= 0.6 is 12.6 Å². The fourth-order valence-electron chi connectivity index (χ4n) is 10.4. The summed E-state index contributed by atoms with van der Waals surface area (Å²) < 4.78 is 23.5. The molecule has 2 atom stereocenters. The topological polar surface area (TPSA) is 65.1 Å². The van der Waals surface area contributed by atoms with E-state index in [0.29, 0.717) is 64.9 Å². The molecule has 1 amide bonds. The SMILES string of the molecule is CC(=O)C1(O[Si](C(C)C)(C(C)C)C(C)C)C(O[Si](C(C)C)(C(C)C)C(C)C)CN(C(=O)CCCS)CC1O[Si](C(C)C)(C(C)C)C(C)C. The van der Waals surface area contributed by atoms with Gasteiger partial charge in [0.25, 0.3) is 0 Å². The molecule has 6 nitrogen and oxygen atoms in total. The highest BCUT2D eigenvalue weighted by Crippen LogP contribution is 2.53. The zero-order chi connectivity index (χ0) is 37.7. The molecule has 1 heterocycles. The Kier molecular flexibility index (Phi) is 17.4. The van der Waals surface area contributed by atoms with Crippen LogP contribution in [0.3, 0.4) is 0 Å². The lowest BCUT2D eigenvalue weighted by Crippen LogP contribution is -2.77. The lowest BCUT2D eigenvalue weighted by Gasteiger charge is -2.60. The molecule has 2 unspecified atom stereocenters. The summed E-state index contributed by atoms with van der Waals surface area (Å²) in [5, 5.41) is 0. The first kappa shape index (κ1) is 46.0. The number of carbonyl (C=O) groups is 2. The van der Waals surface area contributed by atoms with Gasteiger partial charge in [-0.3, -0.25) is 9.59 Å². The third-order valence-corrected chi connectivity index (χ3v) is 31.0. The number of rotatable bonds is 19. The van der Waals surface area contributed by atoms with Crippen molar-refractivity contribution in [3.63, 3.8) is 0 Å². The third kappa shape index (κ3) is 8.62. The van der Waals surface area contributed by atoms with Crippen LogP contribution in [-0.4, -0.2) is 78.2 Å². The second-order valence-corrected chi connectivity index (χ2v) is 34.4. The normalized spacial score (nSPS) is 21.9. The van der Waals surface area contributed by atoms with Gasteiger partial charge in [-0.1, -0.05) is 125 Å². The lowest BCUT2D eigenvalue weighted by atomic mass is 9.82. The molecule has 0 N–H and O–H groups in total. The molecule has 1 saturated heterocycles. The van der Waals surface area contributed by atoms with Gasteiger partial charge in [-0.15, -0.1) is 0 Å². The smallest absolute Gasteiger partial charge is 0.222 e. The molecule has 0 aromatic carbocycles. The molecule has 0 aliphatic carbocycles. The Labute approximate surface area is 306 Å². The van der Waals surface area contributed by atoms with Crippen molar-refractivity contribution in [2.45, 2.75) is 212 Å². The number of hydrogen-bond acceptors (Lipinski definition) is 6. The van der Waals surface area contributed by atoms with Crippen LogP contribution in [-0.2, 0) is 22.9 Å². The Morgan fingerprint density at radius 3 is 1.12 bits per heavy atom. The molecule has 0 aromatic rings. The zero-order valence-corrected chi connectivity index (χ0v) is 38.7. The van der Waals surface area contributed by atoms with Crippen LogP contribution in [0.15, 0.2) is 0 Å². The summed E-state index contributed by atoms with van der Waals surface area (Å²) in [6.07, 6.45) is -0.135. The van der Waals surface area contributed by atoms with Crippen molar-refractivity contribution in [2.75, 3.05) is 18.8 Å². The molecule has 1 rings (SSSR count). The molecule has 10 heteroatoms. The molecule has 0 spiro atoms. The summed E-state index contributed by atoms with van der Waals surface area (Å²) in [6, 6.07) is 0. The fraction of sp³-hybridized carbons (Fsp3) is 0.947. The fourth-order valence-corrected chi connectivity index (χ4v) is 27.4. The Hall–Kier alpha value is 0.0206. The predicted molar refractivity (Wildman–Crippen MR) is 217 cm³/mol. The van der Waals surface area contributed by atoms with Gasteiger partial charge in [0.1, 0.15) is 12.2 Å². The highest BCUT2D eigenvalue weighted by Gasteiger charge is 2.65. The minimum atomic E-state index is -2.68. The number of amides is 1. The molecule has 284 valence electrons. The second-order valence-electron chi connectivity index (χ2n) is 17.7. The van der Waals surface area contributed by atoms with Gasteiger partial charge in [-0.05, 0) is 69.0 Å². The van der Waals surface area contributed by atoms with E-state index in [1.54, 1.807) is 6.92 Å². The molecule has 0 bridgehead atoms. The van der Waals surface area contributed by atoms with Crippen molar-refractivity contribution in [1.29, 1.82) is 0 Å². The van der Waals surface area contributed by atoms with Crippen molar-refractivity contribution in [3.8, 4) is 0 Å². The minimum absolute atomic E-state index is 0.0166. The van der Waals surface area contributed by atoms with Gasteiger partial charge in [-0.2, -0.15) is 12.6 Å². The number of likely N-dealkylation sites (tertiary alicyclic amines) is 1. The average molecular weight is 746 g/mol. The average Bonchev–Trinajstić information content (AvgIpc) is 2.94. The van der Waals surface area contributed by atoms with Crippen molar-refractivity contribution < 1.29 is 22.9 Å². The maximum atomic E-state index is 15.0. The van der Waals surface area contributed by atoms with E-state index in [2.05, 4.69) is 137 Å². The van der Waals surface area contributed by atoms with E-state index in [-0.39, 0.29) is 28.3 Å². The predicted octanol–water partition coefficient (Wildman–Crippen LogP) is 11.2. The van der Waals surface area contributed by atoms with Gasteiger partial charge < -0.3 is 18.2 Å². The highest BCUT2D eigenvalue weighted by molar-refractivity contribution is 7.80. The molecule has 0 aromatic heterocycles. The van der Waals surface area contributed by atoms with E-state index >= 15 is 0 Å². The van der Waals surface area contributed by atoms with E-state index in [4.69, 9.17) is 13.3 Å². The van der Waals surface area contributed by atoms with Crippen LogP contribution in [0.5, 0.6) is 0 Å². The molecule has 0 saturated carbocycles. The summed E-state index contributed by atoms with van der Waals surface area (Å²) in [4.78, 5) is 31.0. The van der Waals surface area contributed by atoms with Crippen molar-refractivity contribution in [3.05, 3.63) is 0 Å². The Bertz CT molecular complexity index is 920. The third-order valence-electron chi connectivity index (χ3n) is 12.3. The Morgan fingerprint density at radius 1 is 0.604 bits per heavy atom. The van der Waals surface area contributed by atoms with Gasteiger partial charge in [0.15, 0.2) is 11.4 Å². The number of Topliss-reactive ketones (excluding diaryl/α,β-unsaturated/α-hetero) is 1. The first-order chi connectivity index (χ1) is 21.9. The maximum absolute atomic E-state index is 15.0. The lowest BCUT2D eigenvalue weighted by molar-refractivity contribution is -0.183. The quantitative estimate of drug-likeness (QED) is 0.105. The van der Waals surface area contributed by atoms with Gasteiger partial charge in [-0.25, -0.2) is 0 Å². The molecule has 1 aliphatic rings. The van der Waals surface area contributed by atoms with E-state index in [0.717, 1.165) is 0 Å². The first-order valence-electron chi connectivity index (χ1n) is 19.4. The number of piperidine rings is 1. The molecule has 48 heavy (non-hydrogen) atoms. The number of carbonyl (C=O) groups excluding carboxylic acids is 2. The summed E-state index contributed by atoms with van der Waals surface area (Å²) in [7, 11) is -7.80. The van der Waals surface area contributed by atoms with Crippen LogP contribution in [0, 0.1) is 0 Å². The summed E-state index contributed by atoms with van der Waals surface area (Å²) in [5.74, 6) is 0.719. The number of thiol groups is 1. The Balaban J connectivity index is 4.48. The van der Waals surface area contributed by atoms with Gasteiger partial charge in [0, 0.05) is 19.5 Å². The van der Waals surface area contributed by atoms with Crippen LogP contribution in [0.2, 0.25) is 49.9 Å². The molecule has 1 fully saturated rings. The van der Waals surface area contributed by atoms with Crippen LogP contribution < -0.4 is 0 Å². The molecule has 0 radical (unpaired) electrons. The van der Waals surface area contributed by atoms with Crippen molar-refractivity contribution >= 4 is 49.3 Å². The standard InChI is InChI=1S/C38H79NO5SSi3/c1-25(2)46(26(3)4,27(5)6)42-35-23-39(37(41)21-20-22-45)24-36(43-47(28(7)8,29(9)10)30(11)12)38(35,34(19)40)44-48(31(13)14,32(15)16)33(17)18/h25-33,35-36,45H,20-24H2,1-19H3. The van der Waals surface area contributed by atoms with Gasteiger partial charge in [0.2, 0.25) is 30.9 Å². The Morgan fingerprint density at radius 2 is 0.896 bits per heavy atom. The van der Waals surface area contributed by atoms with Crippen LogP contribution in [0.25, 0.3) is 0 Å². The van der Waals surface area contributed by atoms with E-state index in [1.165, 1.54) is 0 Å². The minimum Gasteiger partial charge on any atom is -0.408 e. The van der Waals surface area contributed by atoms with Crippen LogP contribution in [0.1, 0.15) is 144 Å². The number of nitrogens with zero attached hydrogens (tertiary/aromatic N) is 1. The molecular formula is C38H79NO5SSi3. The molecule has 1 aliphatic heterocycles. The monoisotopic (exact) mass is 745 g/mol. The van der Waals surface area contributed by atoms with E-state index < -0.39 is 42.8 Å². The largest absolute Gasteiger partial charge is 0.408 e. The van der Waals surface area contributed by atoms with Crippen molar-refractivity contribution in [1.82, 2.24) is 4.90 Å². The summed E-state index contributed by atoms with van der Waals surface area (Å²) in [5.41, 5.74) is 1.25. The van der Waals surface area contributed by atoms with Crippen LogP contribution in [0.4, 0.5) is 0 Å². The summed E-state index contributed by atoms with van der Waals surface area (Å²) >= 11 is 4.43. The highest BCUT2D eigenvalue weighted by atomic mass is 32.1. The first-order valence-corrected chi connectivity index (χ1v) is 26.4.